The minimum Gasteiger partial charge on any atom is -0.366 e. The Hall–Kier alpha value is -1.92. The van der Waals surface area contributed by atoms with Gasteiger partial charge in [0.05, 0.1) is 5.92 Å². The highest BCUT2D eigenvalue weighted by Gasteiger charge is 2.34. The molecule has 3 aliphatic heterocycles. The fourth-order valence-corrected chi connectivity index (χ4v) is 5.21. The van der Waals surface area contributed by atoms with Gasteiger partial charge in [0.1, 0.15) is 0 Å². The number of carbonyl (C=O) groups is 2. The van der Waals surface area contributed by atoms with Gasteiger partial charge in [0.15, 0.2) is 0 Å². The molecule has 1 aromatic rings. The SMILES string of the molecule is NC(=O)c1ccc(CN2CCC(N3CCC[C@H](C(=O)N4CCCC4)C3)CC2)cc1. The van der Waals surface area contributed by atoms with Gasteiger partial charge in [-0.3, -0.25) is 19.4 Å². The van der Waals surface area contributed by atoms with Crippen molar-refractivity contribution in [1.82, 2.24) is 14.7 Å². The van der Waals surface area contributed by atoms with Crippen molar-refractivity contribution in [3.8, 4) is 0 Å². The number of primary amides is 1. The van der Waals surface area contributed by atoms with Crippen molar-refractivity contribution in [3.05, 3.63) is 35.4 Å². The summed E-state index contributed by atoms with van der Waals surface area (Å²) in [5.74, 6) is 0.244. The van der Waals surface area contributed by atoms with Crippen LogP contribution in [0.2, 0.25) is 0 Å². The Morgan fingerprint density at radius 2 is 1.59 bits per heavy atom. The molecule has 3 saturated heterocycles. The molecule has 158 valence electrons. The largest absolute Gasteiger partial charge is 0.366 e. The maximum absolute atomic E-state index is 12.8. The van der Waals surface area contributed by atoms with Gasteiger partial charge in [-0.1, -0.05) is 12.1 Å². The molecular weight excluding hydrogens is 364 g/mol. The molecule has 4 rings (SSSR count). The molecule has 0 bridgehead atoms. The predicted molar refractivity (Wildman–Crippen MR) is 113 cm³/mol. The number of amides is 2. The molecule has 3 fully saturated rings. The van der Waals surface area contributed by atoms with Crippen LogP contribution in [0.4, 0.5) is 0 Å². The lowest BCUT2D eigenvalue weighted by Gasteiger charge is -2.42. The Labute approximate surface area is 174 Å². The summed E-state index contributed by atoms with van der Waals surface area (Å²) in [5.41, 5.74) is 7.11. The number of nitrogens with zero attached hydrogens (tertiary/aromatic N) is 3. The highest BCUT2D eigenvalue weighted by atomic mass is 16.2. The molecule has 29 heavy (non-hydrogen) atoms. The maximum Gasteiger partial charge on any atom is 0.248 e. The Bertz CT molecular complexity index is 706. The van der Waals surface area contributed by atoms with E-state index in [2.05, 4.69) is 14.7 Å². The van der Waals surface area contributed by atoms with Gasteiger partial charge in [-0.2, -0.15) is 0 Å². The quantitative estimate of drug-likeness (QED) is 0.825. The van der Waals surface area contributed by atoms with E-state index in [9.17, 15) is 9.59 Å². The molecule has 0 radical (unpaired) electrons. The lowest BCUT2D eigenvalue weighted by molar-refractivity contribution is -0.136. The van der Waals surface area contributed by atoms with Crippen LogP contribution in [0.25, 0.3) is 0 Å². The second kappa shape index (κ2) is 9.26. The molecule has 2 N–H and O–H groups in total. The van der Waals surface area contributed by atoms with Crippen LogP contribution in [-0.4, -0.2) is 71.8 Å². The van der Waals surface area contributed by atoms with Crippen LogP contribution < -0.4 is 5.73 Å². The minimum atomic E-state index is -0.375. The van der Waals surface area contributed by atoms with Crippen LogP contribution in [-0.2, 0) is 11.3 Å². The van der Waals surface area contributed by atoms with Crippen LogP contribution >= 0.6 is 0 Å². The smallest absolute Gasteiger partial charge is 0.248 e. The first-order chi connectivity index (χ1) is 14.1. The number of benzene rings is 1. The van der Waals surface area contributed by atoms with Crippen LogP contribution in [0.5, 0.6) is 0 Å². The monoisotopic (exact) mass is 398 g/mol. The molecular formula is C23H34N4O2. The molecule has 0 aromatic heterocycles. The molecule has 3 aliphatic rings. The maximum atomic E-state index is 12.8. The van der Waals surface area contributed by atoms with Crippen molar-refractivity contribution in [3.63, 3.8) is 0 Å². The molecule has 0 spiro atoms. The van der Waals surface area contributed by atoms with Crippen LogP contribution in [0.15, 0.2) is 24.3 Å². The molecule has 0 saturated carbocycles. The van der Waals surface area contributed by atoms with E-state index < -0.39 is 0 Å². The van der Waals surface area contributed by atoms with Gasteiger partial charge >= 0.3 is 0 Å². The summed E-state index contributed by atoms with van der Waals surface area (Å²) in [6.45, 7) is 7.12. The number of rotatable bonds is 5. The van der Waals surface area contributed by atoms with Crippen molar-refractivity contribution < 1.29 is 9.59 Å². The first kappa shape index (κ1) is 20.4. The van der Waals surface area contributed by atoms with E-state index in [1.165, 1.54) is 31.2 Å². The van der Waals surface area contributed by atoms with Crippen LogP contribution in [0.3, 0.4) is 0 Å². The lowest BCUT2D eigenvalue weighted by Crippen LogP contribution is -2.51. The third kappa shape index (κ3) is 4.98. The third-order valence-electron chi connectivity index (χ3n) is 6.94. The first-order valence-electron chi connectivity index (χ1n) is 11.2. The van der Waals surface area contributed by atoms with Crippen molar-refractivity contribution in [2.24, 2.45) is 11.7 Å². The number of hydrogen-bond donors (Lipinski definition) is 1. The van der Waals surface area contributed by atoms with Gasteiger partial charge in [0.25, 0.3) is 0 Å². The highest BCUT2D eigenvalue weighted by Crippen LogP contribution is 2.26. The number of nitrogens with two attached hydrogens (primary N) is 1. The van der Waals surface area contributed by atoms with Crippen molar-refractivity contribution in [1.29, 1.82) is 0 Å². The van der Waals surface area contributed by atoms with E-state index in [1.54, 1.807) is 0 Å². The fraction of sp³-hybridized carbons (Fsp3) is 0.652. The van der Waals surface area contributed by atoms with E-state index in [4.69, 9.17) is 5.73 Å². The van der Waals surface area contributed by atoms with Gasteiger partial charge < -0.3 is 10.6 Å². The van der Waals surface area contributed by atoms with E-state index in [-0.39, 0.29) is 11.8 Å². The molecule has 3 heterocycles. The summed E-state index contributed by atoms with van der Waals surface area (Å²) in [6.07, 6.45) is 6.90. The zero-order valence-corrected chi connectivity index (χ0v) is 17.4. The zero-order chi connectivity index (χ0) is 20.2. The molecule has 6 heteroatoms. The van der Waals surface area contributed by atoms with Gasteiger partial charge in [0, 0.05) is 37.8 Å². The van der Waals surface area contributed by atoms with Crippen molar-refractivity contribution in [2.75, 3.05) is 39.3 Å². The summed E-state index contributed by atoms with van der Waals surface area (Å²) < 4.78 is 0. The summed E-state index contributed by atoms with van der Waals surface area (Å²) in [5, 5.41) is 0. The van der Waals surface area contributed by atoms with Gasteiger partial charge in [-0.15, -0.1) is 0 Å². The van der Waals surface area contributed by atoms with E-state index in [0.29, 0.717) is 17.5 Å². The van der Waals surface area contributed by atoms with Gasteiger partial charge in [0.2, 0.25) is 11.8 Å². The van der Waals surface area contributed by atoms with E-state index >= 15 is 0 Å². The number of likely N-dealkylation sites (tertiary alicyclic amines) is 3. The molecule has 1 atom stereocenters. The molecule has 0 aliphatic carbocycles. The predicted octanol–water partition coefficient (Wildman–Crippen LogP) is 2.08. The first-order valence-corrected chi connectivity index (χ1v) is 11.2. The Morgan fingerprint density at radius 1 is 0.897 bits per heavy atom. The summed E-state index contributed by atoms with van der Waals surface area (Å²) in [4.78, 5) is 31.2. The van der Waals surface area contributed by atoms with Crippen molar-refractivity contribution in [2.45, 2.75) is 51.1 Å². The second-order valence-electron chi connectivity index (χ2n) is 8.93. The van der Waals surface area contributed by atoms with Gasteiger partial charge in [-0.25, -0.2) is 0 Å². The molecule has 2 amide bonds. The summed E-state index contributed by atoms with van der Waals surface area (Å²) >= 11 is 0. The van der Waals surface area contributed by atoms with Crippen LogP contribution in [0.1, 0.15) is 54.4 Å². The Kier molecular flexibility index (Phi) is 6.50. The topological polar surface area (TPSA) is 69.9 Å². The number of piperidine rings is 2. The Balaban J connectivity index is 1.25. The fourth-order valence-electron chi connectivity index (χ4n) is 5.21. The van der Waals surface area contributed by atoms with E-state index in [1.807, 2.05) is 24.3 Å². The normalized spacial score (nSPS) is 24.7. The van der Waals surface area contributed by atoms with Crippen LogP contribution in [0, 0.1) is 5.92 Å². The lowest BCUT2D eigenvalue weighted by atomic mass is 9.93. The minimum absolute atomic E-state index is 0.212. The average Bonchev–Trinajstić information content (AvgIpc) is 3.29. The number of carbonyl (C=O) groups excluding carboxylic acids is 2. The Morgan fingerprint density at radius 3 is 2.24 bits per heavy atom. The molecule has 6 nitrogen and oxygen atoms in total. The highest BCUT2D eigenvalue weighted by molar-refractivity contribution is 5.92. The number of hydrogen-bond acceptors (Lipinski definition) is 4. The third-order valence-corrected chi connectivity index (χ3v) is 6.94. The van der Waals surface area contributed by atoms with Crippen molar-refractivity contribution >= 4 is 11.8 Å². The average molecular weight is 399 g/mol. The zero-order valence-electron chi connectivity index (χ0n) is 17.4. The summed E-state index contributed by atoms with van der Waals surface area (Å²) in [7, 11) is 0. The standard InChI is InChI=1S/C23H34N4O2/c24-22(28)19-7-5-18(6-8-19)16-25-14-9-21(10-15-25)27-13-3-4-20(17-27)23(29)26-11-1-2-12-26/h5-8,20-21H,1-4,9-17H2,(H2,24,28)/t20-/m0/s1. The summed E-state index contributed by atoms with van der Waals surface area (Å²) in [6, 6.07) is 8.25. The molecule has 1 aromatic carbocycles. The molecule has 0 unspecified atom stereocenters. The van der Waals surface area contributed by atoms with E-state index in [0.717, 1.165) is 58.7 Å². The van der Waals surface area contributed by atoms with Gasteiger partial charge in [-0.05, 0) is 75.9 Å². The second-order valence-corrected chi connectivity index (χ2v) is 8.93.